The summed E-state index contributed by atoms with van der Waals surface area (Å²) < 4.78 is 6.33. The molecular formula is C11H10BrN3O5S. The summed E-state index contributed by atoms with van der Waals surface area (Å²) in [6.45, 7) is -0.888. The van der Waals surface area contributed by atoms with Gasteiger partial charge in [-0.3, -0.25) is 14.5 Å². The normalized spacial score (nSPS) is 11.0. The fourth-order valence-electron chi connectivity index (χ4n) is 1.59. The van der Waals surface area contributed by atoms with Crippen LogP contribution >= 0.6 is 27.3 Å². The first-order valence-electron chi connectivity index (χ1n) is 5.68. The molecule has 0 bridgehead atoms. The third kappa shape index (κ3) is 4.62. The van der Waals surface area contributed by atoms with Crippen LogP contribution in [-0.4, -0.2) is 50.3 Å². The van der Waals surface area contributed by atoms with E-state index in [9.17, 15) is 9.59 Å². The van der Waals surface area contributed by atoms with E-state index in [0.717, 1.165) is 8.66 Å². The molecule has 0 aliphatic heterocycles. The fraction of sp³-hybridized carbons (Fsp3) is 0.273. The highest BCUT2D eigenvalue weighted by molar-refractivity contribution is 9.11. The van der Waals surface area contributed by atoms with Crippen molar-refractivity contribution in [1.29, 1.82) is 0 Å². The lowest BCUT2D eigenvalue weighted by Gasteiger charge is -2.14. The molecule has 2 aromatic rings. The van der Waals surface area contributed by atoms with Gasteiger partial charge in [0.05, 0.1) is 28.3 Å². The molecule has 0 atom stereocenters. The number of carboxylic acid groups (broad SMARTS) is 2. The van der Waals surface area contributed by atoms with Crippen LogP contribution in [0, 0.1) is 0 Å². The molecule has 0 amide bonds. The topological polar surface area (TPSA) is 117 Å². The predicted octanol–water partition coefficient (Wildman–Crippen LogP) is 1.53. The molecule has 2 aromatic heterocycles. The molecule has 0 fully saturated rings. The van der Waals surface area contributed by atoms with Gasteiger partial charge in [-0.25, -0.2) is 0 Å². The van der Waals surface area contributed by atoms with Gasteiger partial charge in [0.2, 0.25) is 5.89 Å². The van der Waals surface area contributed by atoms with Crippen LogP contribution < -0.4 is 0 Å². The van der Waals surface area contributed by atoms with Crippen molar-refractivity contribution in [3.05, 3.63) is 21.8 Å². The van der Waals surface area contributed by atoms with Crippen molar-refractivity contribution in [3.8, 4) is 10.8 Å². The van der Waals surface area contributed by atoms with Crippen molar-refractivity contribution in [2.24, 2.45) is 0 Å². The van der Waals surface area contributed by atoms with E-state index >= 15 is 0 Å². The van der Waals surface area contributed by atoms with E-state index in [0.29, 0.717) is 5.89 Å². The van der Waals surface area contributed by atoms with Crippen molar-refractivity contribution in [2.45, 2.75) is 6.54 Å². The molecule has 0 unspecified atom stereocenters. The summed E-state index contributed by atoms with van der Waals surface area (Å²) in [5.74, 6) is -1.78. The molecular weight excluding hydrogens is 366 g/mol. The lowest BCUT2D eigenvalue weighted by molar-refractivity contribution is -0.142. The Morgan fingerprint density at radius 2 is 1.90 bits per heavy atom. The van der Waals surface area contributed by atoms with E-state index in [1.807, 2.05) is 6.07 Å². The van der Waals surface area contributed by atoms with Crippen molar-refractivity contribution in [2.75, 3.05) is 13.1 Å². The largest absolute Gasteiger partial charge is 0.480 e. The number of nitrogens with zero attached hydrogens (tertiary/aromatic N) is 3. The van der Waals surface area contributed by atoms with E-state index in [2.05, 4.69) is 26.1 Å². The monoisotopic (exact) mass is 375 g/mol. The van der Waals surface area contributed by atoms with Gasteiger partial charge in [0.15, 0.2) is 0 Å². The fourth-order valence-corrected chi connectivity index (χ4v) is 2.90. The van der Waals surface area contributed by atoms with Crippen LogP contribution in [0.15, 0.2) is 20.3 Å². The van der Waals surface area contributed by atoms with Crippen LogP contribution in [0.1, 0.15) is 5.89 Å². The standard InChI is InChI=1S/C11H10BrN3O5S/c12-7-2-1-6(21-7)11-14-13-8(20-11)3-15(4-9(16)17)5-10(18)19/h1-2H,3-5H2,(H,16,17)(H,18,19). The Morgan fingerprint density at radius 3 is 2.43 bits per heavy atom. The van der Waals surface area contributed by atoms with E-state index < -0.39 is 25.0 Å². The van der Waals surface area contributed by atoms with E-state index in [-0.39, 0.29) is 12.4 Å². The second-order valence-corrected chi connectivity index (χ2v) is 6.50. The van der Waals surface area contributed by atoms with Crippen molar-refractivity contribution < 1.29 is 24.2 Å². The number of thiophene rings is 1. The zero-order valence-corrected chi connectivity index (χ0v) is 12.9. The molecule has 2 heterocycles. The SMILES string of the molecule is O=C(O)CN(CC(=O)O)Cc1nnc(-c2ccc(Br)s2)o1. The maximum atomic E-state index is 10.7. The molecule has 10 heteroatoms. The molecule has 2 rings (SSSR count). The number of halogens is 1. The van der Waals surface area contributed by atoms with E-state index in [4.69, 9.17) is 14.6 Å². The summed E-state index contributed by atoms with van der Waals surface area (Å²) in [6.07, 6.45) is 0. The number of carbonyl (C=O) groups is 2. The molecule has 2 N–H and O–H groups in total. The van der Waals surface area contributed by atoms with Gasteiger partial charge in [0.1, 0.15) is 0 Å². The highest BCUT2D eigenvalue weighted by atomic mass is 79.9. The minimum absolute atomic E-state index is 0.0435. The van der Waals surface area contributed by atoms with Crippen LogP contribution in [0.25, 0.3) is 10.8 Å². The number of aromatic nitrogens is 2. The molecule has 21 heavy (non-hydrogen) atoms. The summed E-state index contributed by atoms with van der Waals surface area (Å²) in [6, 6.07) is 3.64. The van der Waals surface area contributed by atoms with E-state index in [1.54, 1.807) is 6.07 Å². The molecule has 0 aliphatic carbocycles. The predicted molar refractivity (Wildman–Crippen MR) is 75.9 cm³/mol. The second kappa shape index (κ2) is 6.78. The van der Waals surface area contributed by atoms with Crippen LogP contribution in [0.4, 0.5) is 0 Å². The van der Waals surface area contributed by atoms with Gasteiger partial charge >= 0.3 is 11.9 Å². The molecule has 0 saturated heterocycles. The zero-order chi connectivity index (χ0) is 15.4. The summed E-state index contributed by atoms with van der Waals surface area (Å²) >= 11 is 4.73. The molecule has 0 radical (unpaired) electrons. The number of hydrogen-bond donors (Lipinski definition) is 2. The minimum Gasteiger partial charge on any atom is -0.480 e. The van der Waals surface area contributed by atoms with Gasteiger partial charge in [0, 0.05) is 0 Å². The second-order valence-electron chi connectivity index (χ2n) is 4.04. The number of carboxylic acids is 2. The summed E-state index contributed by atoms with van der Waals surface area (Å²) in [5, 5.41) is 25.2. The molecule has 112 valence electrons. The minimum atomic E-state index is -1.13. The molecule has 0 aromatic carbocycles. The smallest absolute Gasteiger partial charge is 0.317 e. The molecule has 0 saturated carbocycles. The number of aliphatic carboxylic acids is 2. The third-order valence-corrected chi connectivity index (χ3v) is 3.94. The molecule has 0 aliphatic rings. The average molecular weight is 376 g/mol. The Kier molecular flexibility index (Phi) is 5.04. The van der Waals surface area contributed by atoms with Crippen molar-refractivity contribution in [3.63, 3.8) is 0 Å². The highest BCUT2D eigenvalue weighted by Gasteiger charge is 2.18. The third-order valence-electron chi connectivity index (χ3n) is 2.33. The first-order valence-corrected chi connectivity index (χ1v) is 7.29. The summed E-state index contributed by atoms with van der Waals surface area (Å²) in [7, 11) is 0. The van der Waals surface area contributed by atoms with Gasteiger partial charge in [0.25, 0.3) is 5.89 Å². The number of hydrogen-bond acceptors (Lipinski definition) is 7. The van der Waals surface area contributed by atoms with Crippen LogP contribution in [0.5, 0.6) is 0 Å². The van der Waals surface area contributed by atoms with Gasteiger partial charge in [-0.15, -0.1) is 21.5 Å². The maximum Gasteiger partial charge on any atom is 0.317 e. The van der Waals surface area contributed by atoms with Crippen LogP contribution in [0.2, 0.25) is 0 Å². The Morgan fingerprint density at radius 1 is 1.24 bits per heavy atom. The van der Waals surface area contributed by atoms with Gasteiger partial charge in [-0.05, 0) is 28.1 Å². The zero-order valence-electron chi connectivity index (χ0n) is 10.5. The summed E-state index contributed by atoms with van der Waals surface area (Å²) in [4.78, 5) is 23.4. The van der Waals surface area contributed by atoms with E-state index in [1.165, 1.54) is 16.2 Å². The Balaban J connectivity index is 2.08. The quantitative estimate of drug-likeness (QED) is 0.747. The lowest BCUT2D eigenvalue weighted by Crippen LogP contribution is -2.34. The number of rotatable bonds is 7. The summed E-state index contributed by atoms with van der Waals surface area (Å²) in [5.41, 5.74) is 0. The van der Waals surface area contributed by atoms with Gasteiger partial charge < -0.3 is 14.6 Å². The van der Waals surface area contributed by atoms with Crippen LogP contribution in [0.3, 0.4) is 0 Å². The average Bonchev–Trinajstić information content (AvgIpc) is 2.96. The van der Waals surface area contributed by atoms with Gasteiger partial charge in [-0.2, -0.15) is 0 Å². The Hall–Kier alpha value is -1.78. The highest BCUT2D eigenvalue weighted by Crippen LogP contribution is 2.30. The van der Waals surface area contributed by atoms with Crippen molar-refractivity contribution >= 4 is 39.2 Å². The Labute approximate surface area is 131 Å². The van der Waals surface area contributed by atoms with Gasteiger partial charge in [-0.1, -0.05) is 0 Å². The van der Waals surface area contributed by atoms with Crippen LogP contribution in [-0.2, 0) is 16.1 Å². The lowest BCUT2D eigenvalue weighted by atomic mass is 10.4. The Bertz CT molecular complexity index is 640. The maximum absolute atomic E-state index is 10.7. The molecule has 8 nitrogen and oxygen atoms in total. The first kappa shape index (κ1) is 15.6. The van der Waals surface area contributed by atoms with Crippen molar-refractivity contribution in [1.82, 2.24) is 15.1 Å². The molecule has 0 spiro atoms. The first-order chi connectivity index (χ1) is 9.94.